The van der Waals surface area contributed by atoms with Crippen LogP contribution in [0.2, 0.25) is 0 Å². The highest BCUT2D eigenvalue weighted by atomic mass is 32.1. The summed E-state index contributed by atoms with van der Waals surface area (Å²) in [6.45, 7) is 2.55. The van der Waals surface area contributed by atoms with Gasteiger partial charge in [-0.05, 0) is 35.6 Å². The zero-order valence-electron chi connectivity index (χ0n) is 10.6. The Balaban J connectivity index is 2.17. The van der Waals surface area contributed by atoms with Crippen LogP contribution in [0.1, 0.15) is 21.5 Å². The van der Waals surface area contributed by atoms with Crippen molar-refractivity contribution in [1.29, 1.82) is 0 Å². The summed E-state index contributed by atoms with van der Waals surface area (Å²) in [4.78, 5) is 15.6. The van der Waals surface area contributed by atoms with Gasteiger partial charge in [0.15, 0.2) is 5.82 Å². The number of nitrogens with zero attached hydrogens (tertiary/aromatic N) is 2. The van der Waals surface area contributed by atoms with Crippen molar-refractivity contribution in [2.24, 2.45) is 0 Å². The van der Waals surface area contributed by atoms with E-state index in [1.165, 1.54) is 7.11 Å². The van der Waals surface area contributed by atoms with Gasteiger partial charge in [0.1, 0.15) is 10.6 Å². The third-order valence-corrected chi connectivity index (χ3v) is 3.50. The highest BCUT2D eigenvalue weighted by Crippen LogP contribution is 2.28. The molecule has 0 saturated carbocycles. The van der Waals surface area contributed by atoms with E-state index in [1.54, 1.807) is 12.4 Å². The molecule has 0 fully saturated rings. The van der Waals surface area contributed by atoms with Gasteiger partial charge in [-0.25, -0.2) is 4.79 Å². The van der Waals surface area contributed by atoms with Gasteiger partial charge in [-0.1, -0.05) is 0 Å². The number of carbonyl (C=O) groups excluding carboxylic acids is 1. The molecule has 19 heavy (non-hydrogen) atoms. The first-order valence-corrected chi connectivity index (χ1v) is 6.37. The van der Waals surface area contributed by atoms with Gasteiger partial charge in [-0.2, -0.15) is 4.37 Å². The SMILES string of the molecule is COC(=O)c1c(N)nsc1NCc1ccncc1C. The van der Waals surface area contributed by atoms with E-state index in [0.717, 1.165) is 22.7 Å². The predicted octanol–water partition coefficient (Wildman–Crippen LogP) is 1.83. The van der Waals surface area contributed by atoms with E-state index in [1.807, 2.05) is 13.0 Å². The van der Waals surface area contributed by atoms with Crippen LogP contribution in [0, 0.1) is 6.92 Å². The van der Waals surface area contributed by atoms with Gasteiger partial charge in [-0.3, -0.25) is 4.98 Å². The van der Waals surface area contributed by atoms with E-state index in [0.29, 0.717) is 17.1 Å². The van der Waals surface area contributed by atoms with Crippen LogP contribution >= 0.6 is 11.5 Å². The number of nitrogens with two attached hydrogens (primary N) is 1. The molecule has 0 atom stereocenters. The van der Waals surface area contributed by atoms with Crippen molar-refractivity contribution >= 4 is 28.3 Å². The van der Waals surface area contributed by atoms with Crippen LogP contribution in [0.3, 0.4) is 0 Å². The first-order valence-electron chi connectivity index (χ1n) is 5.60. The molecule has 100 valence electrons. The Bertz CT molecular complexity index is 597. The molecular formula is C12H14N4O2S. The lowest BCUT2D eigenvalue weighted by Crippen LogP contribution is -2.08. The van der Waals surface area contributed by atoms with Crippen LogP contribution in [0.4, 0.5) is 10.8 Å². The smallest absolute Gasteiger partial charge is 0.344 e. The Morgan fingerprint density at radius 3 is 3.05 bits per heavy atom. The molecule has 0 unspecified atom stereocenters. The maximum Gasteiger partial charge on any atom is 0.344 e. The van der Waals surface area contributed by atoms with Crippen molar-refractivity contribution in [3.8, 4) is 0 Å². The average Bonchev–Trinajstić information content (AvgIpc) is 2.78. The van der Waals surface area contributed by atoms with Gasteiger partial charge in [0, 0.05) is 18.9 Å². The number of esters is 1. The number of nitrogens with one attached hydrogen (secondary N) is 1. The second-order valence-corrected chi connectivity index (χ2v) is 4.69. The van der Waals surface area contributed by atoms with Crippen molar-refractivity contribution in [3.63, 3.8) is 0 Å². The fourth-order valence-corrected chi connectivity index (χ4v) is 2.30. The third kappa shape index (κ3) is 2.82. The summed E-state index contributed by atoms with van der Waals surface area (Å²) < 4.78 is 8.65. The normalized spacial score (nSPS) is 10.2. The van der Waals surface area contributed by atoms with Crippen LogP contribution in [-0.2, 0) is 11.3 Å². The fraction of sp³-hybridized carbons (Fsp3) is 0.250. The summed E-state index contributed by atoms with van der Waals surface area (Å²) in [5.74, 6) is -0.300. The van der Waals surface area contributed by atoms with Crippen molar-refractivity contribution in [3.05, 3.63) is 35.2 Å². The summed E-state index contributed by atoms with van der Waals surface area (Å²) in [6.07, 6.45) is 3.52. The van der Waals surface area contributed by atoms with Gasteiger partial charge in [0.2, 0.25) is 0 Å². The van der Waals surface area contributed by atoms with E-state index < -0.39 is 5.97 Å². The monoisotopic (exact) mass is 278 g/mol. The minimum absolute atomic E-state index is 0.186. The molecule has 0 bridgehead atoms. The van der Waals surface area contributed by atoms with E-state index in [-0.39, 0.29) is 5.82 Å². The van der Waals surface area contributed by atoms with Crippen molar-refractivity contribution in [2.45, 2.75) is 13.5 Å². The molecule has 0 spiro atoms. The van der Waals surface area contributed by atoms with E-state index in [4.69, 9.17) is 5.73 Å². The largest absolute Gasteiger partial charge is 0.465 e. The number of rotatable bonds is 4. The Hall–Kier alpha value is -2.15. The first kappa shape index (κ1) is 13.3. The molecule has 2 aromatic heterocycles. The van der Waals surface area contributed by atoms with Crippen LogP contribution in [-0.4, -0.2) is 22.4 Å². The Morgan fingerprint density at radius 2 is 2.37 bits per heavy atom. The van der Waals surface area contributed by atoms with E-state index in [9.17, 15) is 4.79 Å². The van der Waals surface area contributed by atoms with Crippen molar-refractivity contribution in [2.75, 3.05) is 18.2 Å². The predicted molar refractivity (Wildman–Crippen MR) is 74.2 cm³/mol. The van der Waals surface area contributed by atoms with Gasteiger partial charge in [-0.15, -0.1) is 0 Å². The molecule has 0 radical (unpaired) electrons. The van der Waals surface area contributed by atoms with Crippen LogP contribution in [0.15, 0.2) is 18.5 Å². The van der Waals surface area contributed by atoms with E-state index in [2.05, 4.69) is 19.4 Å². The zero-order chi connectivity index (χ0) is 13.8. The number of aromatic nitrogens is 2. The highest BCUT2D eigenvalue weighted by molar-refractivity contribution is 7.11. The van der Waals surface area contributed by atoms with Gasteiger partial charge >= 0.3 is 5.97 Å². The maximum atomic E-state index is 11.6. The molecule has 0 aliphatic carbocycles. The second-order valence-electron chi connectivity index (χ2n) is 3.92. The lowest BCUT2D eigenvalue weighted by atomic mass is 10.1. The minimum Gasteiger partial charge on any atom is -0.465 e. The van der Waals surface area contributed by atoms with Crippen LogP contribution in [0.25, 0.3) is 0 Å². The molecule has 2 rings (SSSR count). The zero-order valence-corrected chi connectivity index (χ0v) is 11.5. The molecular weight excluding hydrogens is 264 g/mol. The molecule has 2 heterocycles. The van der Waals surface area contributed by atoms with Crippen molar-refractivity contribution in [1.82, 2.24) is 9.36 Å². The number of pyridine rings is 1. The average molecular weight is 278 g/mol. The van der Waals surface area contributed by atoms with Crippen LogP contribution in [0.5, 0.6) is 0 Å². The molecule has 0 aliphatic heterocycles. The topological polar surface area (TPSA) is 90.1 Å². The molecule has 0 aromatic carbocycles. The molecule has 6 nitrogen and oxygen atoms in total. The quantitative estimate of drug-likeness (QED) is 0.829. The minimum atomic E-state index is -0.486. The maximum absolute atomic E-state index is 11.6. The Morgan fingerprint density at radius 1 is 1.58 bits per heavy atom. The molecule has 7 heteroatoms. The molecule has 0 aliphatic rings. The molecule has 0 amide bonds. The summed E-state index contributed by atoms with van der Waals surface area (Å²) in [6, 6.07) is 1.92. The summed E-state index contributed by atoms with van der Waals surface area (Å²) in [5.41, 5.74) is 8.13. The van der Waals surface area contributed by atoms with Gasteiger partial charge in [0.25, 0.3) is 0 Å². The number of hydrogen-bond donors (Lipinski definition) is 2. The number of ether oxygens (including phenoxy) is 1. The molecule has 0 saturated heterocycles. The Labute approximate surface area is 114 Å². The summed E-state index contributed by atoms with van der Waals surface area (Å²) in [7, 11) is 1.32. The number of nitrogen functional groups attached to an aromatic ring is 1. The highest BCUT2D eigenvalue weighted by Gasteiger charge is 2.19. The fourth-order valence-electron chi connectivity index (χ4n) is 1.60. The number of aryl methyl sites for hydroxylation is 1. The van der Waals surface area contributed by atoms with Gasteiger partial charge < -0.3 is 15.8 Å². The molecule has 3 N–H and O–H groups in total. The standard InChI is InChI=1S/C12H14N4O2S/c1-7-5-14-4-3-8(7)6-15-11-9(12(17)18-2)10(13)16-19-11/h3-5,15H,6H2,1-2H3,(H2,13,16). The Kier molecular flexibility index (Phi) is 3.96. The van der Waals surface area contributed by atoms with Crippen LogP contribution < -0.4 is 11.1 Å². The number of anilines is 2. The lowest BCUT2D eigenvalue weighted by Gasteiger charge is -2.07. The van der Waals surface area contributed by atoms with Gasteiger partial charge in [0.05, 0.1) is 7.11 Å². The second kappa shape index (κ2) is 5.66. The van der Waals surface area contributed by atoms with E-state index >= 15 is 0 Å². The number of hydrogen-bond acceptors (Lipinski definition) is 7. The summed E-state index contributed by atoms with van der Waals surface area (Å²) >= 11 is 1.14. The van der Waals surface area contributed by atoms with Crippen molar-refractivity contribution < 1.29 is 9.53 Å². The lowest BCUT2D eigenvalue weighted by molar-refractivity contribution is 0.0603. The summed E-state index contributed by atoms with van der Waals surface area (Å²) in [5, 5.41) is 3.77. The molecule has 2 aromatic rings. The first-order chi connectivity index (χ1) is 9.13. The number of methoxy groups -OCH3 is 1. The third-order valence-electron chi connectivity index (χ3n) is 2.68. The number of carbonyl (C=O) groups is 1.